The third-order valence-corrected chi connectivity index (χ3v) is 6.15. The molecule has 0 aliphatic heterocycles. The fourth-order valence-corrected chi connectivity index (χ4v) is 4.01. The van der Waals surface area contributed by atoms with E-state index in [9.17, 15) is 4.79 Å². The Kier molecular flexibility index (Phi) is 6.11. The molecule has 1 N–H and O–H groups in total. The zero-order valence-corrected chi connectivity index (χ0v) is 20.2. The van der Waals surface area contributed by atoms with Crippen LogP contribution in [-0.4, -0.2) is 15.9 Å². The van der Waals surface area contributed by atoms with Crippen LogP contribution in [0.15, 0.2) is 91.0 Å². The highest BCUT2D eigenvalue weighted by Crippen LogP contribution is 2.31. The molecular formula is C31H27N3O. The van der Waals surface area contributed by atoms with Crippen LogP contribution in [0, 0.1) is 20.8 Å². The first-order chi connectivity index (χ1) is 17.0. The number of hydrogen-bond donors (Lipinski definition) is 1. The molecule has 1 heterocycles. The molecule has 1 aromatic heterocycles. The molecule has 0 fully saturated rings. The predicted molar refractivity (Wildman–Crippen MR) is 142 cm³/mol. The van der Waals surface area contributed by atoms with Gasteiger partial charge in [0, 0.05) is 23.2 Å². The number of hydrogen-bond acceptors (Lipinski definition) is 3. The van der Waals surface area contributed by atoms with Crippen molar-refractivity contribution in [3.8, 4) is 22.5 Å². The van der Waals surface area contributed by atoms with Gasteiger partial charge in [0.25, 0.3) is 5.91 Å². The molecule has 4 aromatic carbocycles. The van der Waals surface area contributed by atoms with Gasteiger partial charge in [-0.1, -0.05) is 89.5 Å². The quantitative estimate of drug-likeness (QED) is 0.315. The van der Waals surface area contributed by atoms with Crippen LogP contribution in [0.3, 0.4) is 0 Å². The molecule has 172 valence electrons. The standard InChI is InChI=1S/C31H27N3O/c1-20-4-10-23(11-5-20)19-32-31(35)26-16-17-27-28(18-26)34-30(25-14-8-22(3)9-15-25)29(33-27)24-12-6-21(2)7-13-24/h4-18H,19H2,1-3H3,(H,32,35). The Morgan fingerprint density at radius 2 is 1.11 bits per heavy atom. The van der Waals surface area contributed by atoms with Crippen LogP contribution in [-0.2, 0) is 6.54 Å². The number of rotatable bonds is 5. The number of aryl methyl sites for hydroxylation is 3. The summed E-state index contributed by atoms with van der Waals surface area (Å²) >= 11 is 0. The van der Waals surface area contributed by atoms with E-state index in [0.717, 1.165) is 33.6 Å². The van der Waals surface area contributed by atoms with Gasteiger partial charge in [-0.3, -0.25) is 4.79 Å². The van der Waals surface area contributed by atoms with Gasteiger partial charge < -0.3 is 5.32 Å². The van der Waals surface area contributed by atoms with Crippen molar-refractivity contribution in [2.24, 2.45) is 0 Å². The van der Waals surface area contributed by atoms with Crippen LogP contribution in [0.5, 0.6) is 0 Å². The van der Waals surface area contributed by atoms with Crippen LogP contribution < -0.4 is 5.32 Å². The van der Waals surface area contributed by atoms with Gasteiger partial charge >= 0.3 is 0 Å². The van der Waals surface area contributed by atoms with E-state index in [1.54, 1.807) is 0 Å². The van der Waals surface area contributed by atoms with Crippen molar-refractivity contribution in [2.75, 3.05) is 0 Å². The van der Waals surface area contributed by atoms with Gasteiger partial charge in [0.2, 0.25) is 0 Å². The van der Waals surface area contributed by atoms with Crippen molar-refractivity contribution in [2.45, 2.75) is 27.3 Å². The number of nitrogens with zero attached hydrogens (tertiary/aromatic N) is 2. The van der Waals surface area contributed by atoms with Crippen LogP contribution in [0.4, 0.5) is 0 Å². The molecule has 0 unspecified atom stereocenters. The second kappa shape index (κ2) is 9.51. The molecule has 0 saturated heterocycles. The highest BCUT2D eigenvalue weighted by Gasteiger charge is 2.15. The van der Waals surface area contributed by atoms with Crippen LogP contribution in [0.2, 0.25) is 0 Å². The lowest BCUT2D eigenvalue weighted by molar-refractivity contribution is 0.0951. The number of carbonyl (C=O) groups is 1. The zero-order valence-electron chi connectivity index (χ0n) is 20.2. The lowest BCUT2D eigenvalue weighted by Crippen LogP contribution is -2.22. The van der Waals surface area contributed by atoms with Crippen molar-refractivity contribution in [3.05, 3.63) is 119 Å². The molecule has 5 aromatic rings. The van der Waals surface area contributed by atoms with E-state index in [4.69, 9.17) is 9.97 Å². The van der Waals surface area contributed by atoms with E-state index in [0.29, 0.717) is 17.6 Å². The predicted octanol–water partition coefficient (Wildman–Crippen LogP) is 6.82. The number of nitrogens with one attached hydrogen (secondary N) is 1. The van der Waals surface area contributed by atoms with Crippen molar-refractivity contribution < 1.29 is 4.79 Å². The highest BCUT2D eigenvalue weighted by atomic mass is 16.1. The number of fused-ring (bicyclic) bond motifs is 1. The van der Waals surface area contributed by atoms with Gasteiger partial charge in [0.05, 0.1) is 22.4 Å². The summed E-state index contributed by atoms with van der Waals surface area (Å²) in [5, 5.41) is 3.01. The molecule has 0 saturated carbocycles. The van der Waals surface area contributed by atoms with Gasteiger partial charge in [0.15, 0.2) is 0 Å². The summed E-state index contributed by atoms with van der Waals surface area (Å²) in [5.74, 6) is -0.131. The smallest absolute Gasteiger partial charge is 0.251 e. The Labute approximate surface area is 205 Å². The molecule has 0 aliphatic carbocycles. The largest absolute Gasteiger partial charge is 0.348 e. The van der Waals surface area contributed by atoms with E-state index < -0.39 is 0 Å². The Balaban J connectivity index is 1.52. The zero-order chi connectivity index (χ0) is 24.4. The average molecular weight is 458 g/mol. The molecule has 0 bridgehead atoms. The van der Waals surface area contributed by atoms with Gasteiger partial charge in [-0.15, -0.1) is 0 Å². The second-order valence-electron chi connectivity index (χ2n) is 9.02. The minimum atomic E-state index is -0.131. The summed E-state index contributed by atoms with van der Waals surface area (Å²) in [5.41, 5.74) is 10.3. The number of benzene rings is 4. The molecule has 0 radical (unpaired) electrons. The Morgan fingerprint density at radius 1 is 0.629 bits per heavy atom. The van der Waals surface area contributed by atoms with Gasteiger partial charge in [-0.2, -0.15) is 0 Å². The minimum absolute atomic E-state index is 0.131. The fraction of sp³-hybridized carbons (Fsp3) is 0.129. The SMILES string of the molecule is Cc1ccc(CNC(=O)c2ccc3nc(-c4ccc(C)cc4)c(-c4ccc(C)cc4)nc3c2)cc1. The van der Waals surface area contributed by atoms with E-state index in [-0.39, 0.29) is 5.91 Å². The Morgan fingerprint density at radius 3 is 1.66 bits per heavy atom. The van der Waals surface area contributed by atoms with Crippen LogP contribution in [0.1, 0.15) is 32.6 Å². The summed E-state index contributed by atoms with van der Waals surface area (Å²) in [6.45, 7) is 6.66. The summed E-state index contributed by atoms with van der Waals surface area (Å²) < 4.78 is 0. The third kappa shape index (κ3) is 4.97. The summed E-state index contributed by atoms with van der Waals surface area (Å²) in [4.78, 5) is 22.9. The number of carbonyl (C=O) groups excluding carboxylic acids is 1. The molecular weight excluding hydrogens is 430 g/mol. The van der Waals surface area contributed by atoms with Crippen LogP contribution in [0.25, 0.3) is 33.5 Å². The molecule has 4 heteroatoms. The molecule has 35 heavy (non-hydrogen) atoms. The molecule has 0 spiro atoms. The normalized spacial score (nSPS) is 10.9. The Hall–Kier alpha value is -4.31. The van der Waals surface area contributed by atoms with E-state index in [2.05, 4.69) is 67.7 Å². The topological polar surface area (TPSA) is 54.9 Å². The first kappa shape index (κ1) is 22.5. The maximum absolute atomic E-state index is 12.9. The minimum Gasteiger partial charge on any atom is -0.348 e. The van der Waals surface area contributed by atoms with Gasteiger partial charge in [0.1, 0.15) is 0 Å². The van der Waals surface area contributed by atoms with E-state index >= 15 is 0 Å². The Bertz CT molecular complexity index is 1500. The molecule has 4 nitrogen and oxygen atoms in total. The maximum atomic E-state index is 12.9. The van der Waals surface area contributed by atoms with Gasteiger partial charge in [-0.25, -0.2) is 9.97 Å². The fourth-order valence-electron chi connectivity index (χ4n) is 4.01. The lowest BCUT2D eigenvalue weighted by atomic mass is 10.0. The second-order valence-corrected chi connectivity index (χ2v) is 9.02. The van der Waals surface area contributed by atoms with E-state index in [1.165, 1.54) is 16.7 Å². The van der Waals surface area contributed by atoms with Crippen LogP contribution >= 0.6 is 0 Å². The average Bonchev–Trinajstić information content (AvgIpc) is 2.88. The summed E-state index contributed by atoms with van der Waals surface area (Å²) in [7, 11) is 0. The number of aromatic nitrogens is 2. The van der Waals surface area contributed by atoms with Crippen molar-refractivity contribution >= 4 is 16.9 Å². The lowest BCUT2D eigenvalue weighted by Gasteiger charge is -2.12. The van der Waals surface area contributed by atoms with Crippen molar-refractivity contribution in [1.82, 2.24) is 15.3 Å². The monoisotopic (exact) mass is 457 g/mol. The summed E-state index contributed by atoms with van der Waals surface area (Å²) in [6, 6.07) is 30.3. The highest BCUT2D eigenvalue weighted by molar-refractivity contribution is 5.98. The third-order valence-electron chi connectivity index (χ3n) is 6.15. The maximum Gasteiger partial charge on any atom is 0.251 e. The van der Waals surface area contributed by atoms with Crippen molar-refractivity contribution in [1.29, 1.82) is 0 Å². The van der Waals surface area contributed by atoms with Gasteiger partial charge in [-0.05, 0) is 44.5 Å². The first-order valence-corrected chi connectivity index (χ1v) is 11.8. The van der Waals surface area contributed by atoms with Crippen molar-refractivity contribution in [3.63, 3.8) is 0 Å². The molecule has 5 rings (SSSR count). The summed E-state index contributed by atoms with van der Waals surface area (Å²) in [6.07, 6.45) is 0. The molecule has 0 atom stereocenters. The molecule has 0 aliphatic rings. The first-order valence-electron chi connectivity index (χ1n) is 11.8. The number of amides is 1. The van der Waals surface area contributed by atoms with E-state index in [1.807, 2.05) is 49.4 Å². The molecule has 1 amide bonds.